The number of hydrogen-bond donors (Lipinski definition) is 1. The van der Waals surface area contributed by atoms with E-state index in [1.807, 2.05) is 50.4 Å². The molecule has 4 heterocycles. The molecule has 1 aliphatic heterocycles. The highest BCUT2D eigenvalue weighted by Gasteiger charge is 2.29. The minimum Gasteiger partial charge on any atom is -0.378 e. The Morgan fingerprint density at radius 1 is 1.15 bits per heavy atom. The molecule has 1 N–H and O–H groups in total. The van der Waals surface area contributed by atoms with E-state index in [0.29, 0.717) is 24.7 Å². The van der Waals surface area contributed by atoms with E-state index in [9.17, 15) is 9.18 Å². The third kappa shape index (κ3) is 4.92. The number of fused-ring (bicyclic) bond motifs is 1. The number of halogens is 1. The van der Waals surface area contributed by atoms with Crippen molar-refractivity contribution in [3.05, 3.63) is 53.4 Å². The molecule has 11 heteroatoms. The van der Waals surface area contributed by atoms with Crippen molar-refractivity contribution in [2.24, 2.45) is 0 Å². The smallest absolute Gasteiger partial charge is 0.256 e. The maximum Gasteiger partial charge on any atom is 0.256 e. The molecule has 204 valence electrons. The number of benzene rings is 1. The van der Waals surface area contributed by atoms with E-state index in [1.165, 1.54) is 10.9 Å². The molecule has 1 saturated carbocycles. The maximum atomic E-state index is 15.0. The lowest BCUT2D eigenvalue weighted by Gasteiger charge is -2.29. The normalized spacial score (nSPS) is 16.2. The summed E-state index contributed by atoms with van der Waals surface area (Å²) < 4.78 is 23.8. The number of carbonyl (C=O) groups is 1. The van der Waals surface area contributed by atoms with Gasteiger partial charge in [-0.2, -0.15) is 14.0 Å². The van der Waals surface area contributed by atoms with Gasteiger partial charge in [-0.25, -0.2) is 9.67 Å². The molecule has 1 saturated heterocycles. The van der Waals surface area contributed by atoms with Gasteiger partial charge in [0.15, 0.2) is 11.5 Å². The number of rotatable bonds is 5. The van der Waals surface area contributed by atoms with E-state index < -0.39 is 17.4 Å². The molecule has 6 rings (SSSR count). The molecule has 0 spiro atoms. The second kappa shape index (κ2) is 9.68. The average Bonchev–Trinajstić information content (AvgIpc) is 3.55. The van der Waals surface area contributed by atoms with Crippen LogP contribution in [-0.2, 0) is 10.3 Å². The van der Waals surface area contributed by atoms with Crippen molar-refractivity contribution in [1.82, 2.24) is 24.4 Å². The Hall–Kier alpha value is -3.36. The minimum atomic E-state index is -0.577. The highest BCUT2D eigenvalue weighted by atomic mass is 31.0. The lowest BCUT2D eigenvalue weighted by Crippen LogP contribution is -2.37. The fourth-order valence-corrected chi connectivity index (χ4v) is 5.45. The molecule has 2 aliphatic rings. The van der Waals surface area contributed by atoms with Gasteiger partial charge in [0.2, 0.25) is 5.95 Å². The largest absolute Gasteiger partial charge is 0.378 e. The van der Waals surface area contributed by atoms with E-state index in [-0.39, 0.29) is 5.69 Å². The summed E-state index contributed by atoms with van der Waals surface area (Å²) in [4.78, 5) is 20.5. The molecule has 1 aliphatic carbocycles. The first kappa shape index (κ1) is 25.9. The number of pyridine rings is 1. The van der Waals surface area contributed by atoms with Crippen LogP contribution in [0.4, 0.5) is 15.9 Å². The van der Waals surface area contributed by atoms with Crippen LogP contribution in [0.2, 0.25) is 0 Å². The number of nitrogens with one attached hydrogen (secondary N) is 1. The van der Waals surface area contributed by atoms with E-state index >= 15 is 0 Å². The Bertz CT molecular complexity index is 1580. The van der Waals surface area contributed by atoms with Gasteiger partial charge in [0.05, 0.1) is 24.9 Å². The zero-order valence-corrected chi connectivity index (χ0v) is 23.8. The van der Waals surface area contributed by atoms with E-state index in [0.717, 1.165) is 65.2 Å². The highest BCUT2D eigenvalue weighted by molar-refractivity contribution is 7.27. The highest BCUT2D eigenvalue weighted by Crippen LogP contribution is 2.39. The van der Waals surface area contributed by atoms with Gasteiger partial charge >= 0.3 is 0 Å². The first-order chi connectivity index (χ1) is 18.6. The fraction of sp³-hybridized carbons (Fsp3) is 0.429. The van der Waals surface area contributed by atoms with Crippen LogP contribution in [0.25, 0.3) is 16.8 Å². The molecule has 9 nitrogen and oxygen atoms in total. The van der Waals surface area contributed by atoms with E-state index in [1.54, 1.807) is 0 Å². The zero-order chi connectivity index (χ0) is 27.5. The second-order valence-electron chi connectivity index (χ2n) is 11.4. The van der Waals surface area contributed by atoms with Gasteiger partial charge in [0, 0.05) is 24.6 Å². The summed E-state index contributed by atoms with van der Waals surface area (Å²) in [6.07, 6.45) is 3.60. The lowest BCUT2D eigenvalue weighted by atomic mass is 9.98. The van der Waals surface area contributed by atoms with Crippen LogP contribution in [0.15, 0.2) is 30.5 Å². The molecule has 1 unspecified atom stereocenters. The third-order valence-corrected chi connectivity index (χ3v) is 7.74. The van der Waals surface area contributed by atoms with Crippen molar-refractivity contribution in [2.75, 3.05) is 36.5 Å². The van der Waals surface area contributed by atoms with E-state index in [4.69, 9.17) is 14.8 Å². The summed E-state index contributed by atoms with van der Waals surface area (Å²) >= 11 is 0. The molecule has 39 heavy (non-hydrogen) atoms. The topological polar surface area (TPSA) is 89.6 Å². The molecule has 0 radical (unpaired) electrons. The molecular formula is C28H33FN7O2P. The van der Waals surface area contributed by atoms with Gasteiger partial charge in [-0.1, -0.05) is 6.07 Å². The lowest BCUT2D eigenvalue weighted by molar-refractivity contribution is 0.102. The number of ether oxygens (including phenoxy) is 1. The Morgan fingerprint density at radius 3 is 2.56 bits per heavy atom. The second-order valence-corrected chi connectivity index (χ2v) is 12.0. The summed E-state index contributed by atoms with van der Waals surface area (Å²) in [6.45, 7) is 10.4. The molecule has 2 fully saturated rings. The maximum absolute atomic E-state index is 15.0. The summed E-state index contributed by atoms with van der Waals surface area (Å²) in [7, 11) is 2.63. The number of hydrogen-bond acceptors (Lipinski definition) is 6. The Morgan fingerprint density at radius 2 is 1.90 bits per heavy atom. The van der Waals surface area contributed by atoms with Crippen LogP contribution in [0.3, 0.4) is 0 Å². The number of morpholine rings is 1. The van der Waals surface area contributed by atoms with Crippen LogP contribution >= 0.6 is 9.24 Å². The zero-order valence-electron chi connectivity index (χ0n) is 22.7. The predicted molar refractivity (Wildman–Crippen MR) is 153 cm³/mol. The first-order valence-electron chi connectivity index (χ1n) is 13.3. The molecule has 3 aromatic heterocycles. The minimum absolute atomic E-state index is 0.0496. The standard InChI is InChI=1S/C28H33FN7O2P/c1-16-11-22(39)20(27(37)31-21-15-30-36(25(21)29)28(2,3)4)14-19(16)18-12-23-32-26(17-5-6-17)33-35(23)24(13-18)34-7-9-38-10-8-34/h11-15,17H,5-10,39H2,1-4H3,(H,31,37). The van der Waals surface area contributed by atoms with Gasteiger partial charge in [-0.15, -0.1) is 14.3 Å². The Kier molecular flexibility index (Phi) is 6.43. The van der Waals surface area contributed by atoms with Gasteiger partial charge < -0.3 is 15.0 Å². The summed E-state index contributed by atoms with van der Waals surface area (Å²) in [5.74, 6) is 1.30. The summed E-state index contributed by atoms with van der Waals surface area (Å²) in [5.41, 5.74) is 3.60. The number of anilines is 2. The fourth-order valence-electron chi connectivity index (χ4n) is 4.98. The monoisotopic (exact) mass is 549 g/mol. The van der Waals surface area contributed by atoms with Gasteiger partial charge in [0.1, 0.15) is 11.5 Å². The van der Waals surface area contributed by atoms with Gasteiger partial charge in [0.25, 0.3) is 5.91 Å². The van der Waals surface area contributed by atoms with Crippen LogP contribution in [0.1, 0.15) is 61.3 Å². The van der Waals surface area contributed by atoms with Crippen molar-refractivity contribution in [1.29, 1.82) is 0 Å². The summed E-state index contributed by atoms with van der Waals surface area (Å²) in [6, 6.07) is 7.97. The Balaban J connectivity index is 1.40. The van der Waals surface area contributed by atoms with Gasteiger partial charge in [-0.05, 0) is 80.7 Å². The molecule has 1 atom stereocenters. The first-order valence-corrected chi connectivity index (χ1v) is 13.9. The number of amides is 1. The van der Waals surface area contributed by atoms with Crippen LogP contribution < -0.4 is 15.5 Å². The molecule has 1 amide bonds. The number of carbonyl (C=O) groups excluding carboxylic acids is 1. The van der Waals surface area contributed by atoms with Crippen molar-refractivity contribution >= 4 is 37.6 Å². The van der Waals surface area contributed by atoms with Crippen LogP contribution in [0.5, 0.6) is 0 Å². The Labute approximate surface area is 228 Å². The van der Waals surface area contributed by atoms with E-state index in [2.05, 4.69) is 30.6 Å². The quantitative estimate of drug-likeness (QED) is 0.374. The van der Waals surface area contributed by atoms with Crippen LogP contribution in [-0.4, -0.2) is 56.6 Å². The van der Waals surface area contributed by atoms with Crippen molar-refractivity contribution < 1.29 is 13.9 Å². The SMILES string of the molecule is Cc1cc(P)c(C(=O)Nc2cnn(C(C)(C)C)c2F)cc1-c1cc(N2CCOCC2)n2nc(C3CC3)nc2c1. The number of aryl methyl sites for hydroxylation is 1. The molecular weight excluding hydrogens is 516 g/mol. The van der Waals surface area contributed by atoms with Crippen molar-refractivity contribution in [2.45, 2.75) is 52.0 Å². The van der Waals surface area contributed by atoms with Crippen LogP contribution in [0, 0.1) is 12.9 Å². The molecule has 0 bridgehead atoms. The predicted octanol–water partition coefficient (Wildman–Crippen LogP) is 4.26. The summed E-state index contributed by atoms with van der Waals surface area (Å²) in [5, 5.41) is 12.4. The van der Waals surface area contributed by atoms with Gasteiger partial charge in [-0.3, -0.25) is 4.79 Å². The average molecular weight is 550 g/mol. The third-order valence-electron chi connectivity index (χ3n) is 7.26. The molecule has 1 aromatic carbocycles. The van der Waals surface area contributed by atoms with Crippen molar-refractivity contribution in [3.8, 4) is 11.1 Å². The van der Waals surface area contributed by atoms with Crippen molar-refractivity contribution in [3.63, 3.8) is 0 Å². The number of nitrogens with zero attached hydrogens (tertiary/aromatic N) is 6. The molecule has 4 aromatic rings. The number of aromatic nitrogens is 5.